The number of hydrogen-bond donors (Lipinski definition) is 0. The molecule has 24 heavy (non-hydrogen) atoms. The maximum atomic E-state index is 12.3. The van der Waals surface area contributed by atoms with Crippen molar-refractivity contribution in [3.8, 4) is 11.9 Å². The van der Waals surface area contributed by atoms with E-state index in [9.17, 15) is 9.59 Å². The van der Waals surface area contributed by atoms with E-state index >= 15 is 0 Å². The van der Waals surface area contributed by atoms with Gasteiger partial charge in [-0.3, -0.25) is 4.79 Å². The summed E-state index contributed by atoms with van der Waals surface area (Å²) in [6.45, 7) is 5.64. The first-order valence-electron chi connectivity index (χ1n) is 7.26. The maximum absolute atomic E-state index is 12.3. The van der Waals surface area contributed by atoms with Gasteiger partial charge in [0.2, 0.25) is 5.88 Å². The minimum atomic E-state index is -0.675. The molecule has 7 nitrogen and oxygen atoms in total. The molecule has 0 N–H and O–H groups in total. The molecule has 0 aliphatic heterocycles. The number of esters is 1. The second-order valence-electron chi connectivity index (χ2n) is 5.86. The van der Waals surface area contributed by atoms with E-state index in [-0.39, 0.29) is 30.5 Å². The third-order valence-corrected chi connectivity index (χ3v) is 2.72. The molecule has 1 aromatic heterocycles. The van der Waals surface area contributed by atoms with Crippen molar-refractivity contribution in [1.29, 1.82) is 0 Å². The summed E-state index contributed by atoms with van der Waals surface area (Å²) in [6.07, 6.45) is 1.21. The molecule has 7 heteroatoms. The van der Waals surface area contributed by atoms with Crippen molar-refractivity contribution in [3.63, 3.8) is 0 Å². The molecule has 126 valence electrons. The lowest BCUT2D eigenvalue weighted by Crippen LogP contribution is -2.24. The zero-order valence-electron chi connectivity index (χ0n) is 13.7. The van der Waals surface area contributed by atoms with E-state index in [2.05, 4.69) is 14.7 Å². The van der Waals surface area contributed by atoms with E-state index in [0.717, 1.165) is 5.56 Å². The largest absolute Gasteiger partial charge is 0.472 e. The van der Waals surface area contributed by atoms with Crippen LogP contribution in [0.2, 0.25) is 0 Å². The van der Waals surface area contributed by atoms with Crippen LogP contribution >= 0.6 is 0 Å². The number of benzene rings is 1. The van der Waals surface area contributed by atoms with Crippen LogP contribution < -0.4 is 9.47 Å². The lowest BCUT2D eigenvalue weighted by molar-refractivity contribution is -0.121. The Labute approximate surface area is 139 Å². The van der Waals surface area contributed by atoms with Crippen molar-refractivity contribution in [3.05, 3.63) is 47.7 Å². The number of nitrogens with zero attached hydrogens (tertiary/aromatic N) is 2. The topological polar surface area (TPSA) is 87.6 Å². The molecule has 0 atom stereocenters. The Morgan fingerprint density at radius 1 is 1.21 bits per heavy atom. The van der Waals surface area contributed by atoms with Crippen LogP contribution in [0.5, 0.6) is 11.9 Å². The number of ether oxygens (including phenoxy) is 3. The summed E-state index contributed by atoms with van der Waals surface area (Å²) in [6, 6.07) is 9.16. The Morgan fingerprint density at radius 2 is 1.92 bits per heavy atom. The highest BCUT2D eigenvalue weighted by Gasteiger charge is 2.23. The van der Waals surface area contributed by atoms with Crippen molar-refractivity contribution in [2.75, 3.05) is 0 Å². The van der Waals surface area contributed by atoms with Crippen molar-refractivity contribution in [2.45, 2.75) is 33.0 Å². The molecule has 0 aliphatic carbocycles. The molecule has 0 radical (unpaired) electrons. The van der Waals surface area contributed by atoms with Gasteiger partial charge in [0.1, 0.15) is 17.8 Å². The molecule has 0 spiro atoms. The van der Waals surface area contributed by atoms with Gasteiger partial charge in [-0.15, -0.1) is 0 Å². The summed E-state index contributed by atoms with van der Waals surface area (Å²) < 4.78 is 15.5. The molecule has 0 saturated heterocycles. The van der Waals surface area contributed by atoms with Gasteiger partial charge in [0.15, 0.2) is 0 Å². The second-order valence-corrected chi connectivity index (χ2v) is 5.86. The third-order valence-electron chi connectivity index (χ3n) is 2.72. The predicted molar refractivity (Wildman–Crippen MR) is 84.7 cm³/mol. The number of carbonyl (C=O) groups is 2. The monoisotopic (exact) mass is 330 g/mol. The molecule has 2 aromatic rings. The van der Waals surface area contributed by atoms with Gasteiger partial charge in [-0.1, -0.05) is 30.3 Å². The van der Waals surface area contributed by atoms with Crippen LogP contribution in [-0.2, 0) is 16.1 Å². The van der Waals surface area contributed by atoms with Gasteiger partial charge < -0.3 is 14.2 Å². The first kappa shape index (κ1) is 17.4. The fourth-order valence-corrected chi connectivity index (χ4v) is 1.76. The zero-order chi connectivity index (χ0) is 17.6. The molecule has 1 aromatic carbocycles. The fraction of sp³-hybridized carbons (Fsp3) is 0.294. The van der Waals surface area contributed by atoms with Gasteiger partial charge in [0, 0.05) is 0 Å². The van der Waals surface area contributed by atoms with Crippen molar-refractivity contribution in [1.82, 2.24) is 9.97 Å². The van der Waals surface area contributed by atoms with E-state index in [1.165, 1.54) is 6.20 Å². The number of hydrogen-bond acceptors (Lipinski definition) is 7. The van der Waals surface area contributed by atoms with Gasteiger partial charge in [-0.05, 0) is 26.3 Å². The normalized spacial score (nSPS) is 10.8. The number of carbonyl (C=O) groups excluding carboxylic acids is 2. The number of aromatic nitrogens is 2. The van der Waals surface area contributed by atoms with Crippen molar-refractivity contribution in [2.24, 2.45) is 0 Å². The molecule has 1 heterocycles. The quantitative estimate of drug-likeness (QED) is 0.594. The first-order chi connectivity index (χ1) is 11.4. The van der Waals surface area contributed by atoms with Gasteiger partial charge in [0.25, 0.3) is 0 Å². The number of rotatable bonds is 6. The molecule has 0 aliphatic rings. The summed E-state index contributed by atoms with van der Waals surface area (Å²) in [5.41, 5.74) is 0.273. The molecule has 2 rings (SSSR count). The van der Waals surface area contributed by atoms with Gasteiger partial charge >= 0.3 is 18.5 Å². The molecule has 0 saturated carbocycles. The minimum absolute atomic E-state index is 0.0139. The molecular weight excluding hydrogens is 312 g/mol. The average Bonchev–Trinajstić information content (AvgIpc) is 2.52. The fourth-order valence-electron chi connectivity index (χ4n) is 1.76. The standard InChI is InChI=1S/C17H18N2O5/c1-17(2,3)24-15(21)13-9-18-16(23-11-20)19-14(13)22-10-12-7-5-4-6-8-12/h4-9,11H,10H2,1-3H3. The average molecular weight is 330 g/mol. The lowest BCUT2D eigenvalue weighted by atomic mass is 10.2. The highest BCUT2D eigenvalue weighted by Crippen LogP contribution is 2.22. The van der Waals surface area contributed by atoms with Crippen LogP contribution in [0, 0.1) is 0 Å². The van der Waals surface area contributed by atoms with Gasteiger partial charge in [-0.2, -0.15) is 4.98 Å². The summed E-state index contributed by atoms with van der Waals surface area (Å²) in [4.78, 5) is 30.4. The Bertz CT molecular complexity index is 711. The van der Waals surface area contributed by atoms with Crippen LogP contribution in [0.4, 0.5) is 0 Å². The maximum Gasteiger partial charge on any atom is 0.345 e. The molecule has 0 bridgehead atoms. The summed E-state index contributed by atoms with van der Waals surface area (Å²) in [7, 11) is 0. The summed E-state index contributed by atoms with van der Waals surface area (Å²) >= 11 is 0. The Balaban J connectivity index is 2.25. The van der Waals surface area contributed by atoms with Gasteiger partial charge in [0.05, 0.1) is 6.20 Å². The zero-order valence-corrected chi connectivity index (χ0v) is 13.7. The van der Waals surface area contributed by atoms with Crippen LogP contribution in [0.15, 0.2) is 36.5 Å². The smallest absolute Gasteiger partial charge is 0.345 e. The second kappa shape index (κ2) is 7.54. The highest BCUT2D eigenvalue weighted by molar-refractivity contribution is 5.91. The van der Waals surface area contributed by atoms with Crippen molar-refractivity contribution < 1.29 is 23.8 Å². The minimum Gasteiger partial charge on any atom is -0.472 e. The molecular formula is C17H18N2O5. The van der Waals surface area contributed by atoms with Crippen molar-refractivity contribution >= 4 is 12.4 Å². The molecule has 0 fully saturated rings. The van der Waals surface area contributed by atoms with Gasteiger partial charge in [-0.25, -0.2) is 9.78 Å². The molecule has 0 unspecified atom stereocenters. The third kappa shape index (κ3) is 5.05. The molecule has 0 amide bonds. The Morgan fingerprint density at radius 3 is 2.54 bits per heavy atom. The SMILES string of the molecule is CC(C)(C)OC(=O)c1cnc(OC=O)nc1OCc1ccccc1. The van der Waals surface area contributed by atoms with Crippen LogP contribution in [0.1, 0.15) is 36.7 Å². The van der Waals surface area contributed by atoms with E-state index in [4.69, 9.17) is 9.47 Å². The first-order valence-corrected chi connectivity index (χ1v) is 7.26. The van der Waals surface area contributed by atoms with Crippen LogP contribution in [-0.4, -0.2) is 28.0 Å². The summed E-state index contributed by atoms with van der Waals surface area (Å²) in [5.74, 6) is -0.636. The van der Waals surface area contributed by atoms with E-state index in [0.29, 0.717) is 0 Å². The predicted octanol–water partition coefficient (Wildman–Crippen LogP) is 2.55. The Hall–Kier alpha value is -2.96. The van der Waals surface area contributed by atoms with E-state index < -0.39 is 11.6 Å². The Kier molecular flexibility index (Phi) is 5.47. The van der Waals surface area contributed by atoms with Crippen LogP contribution in [0.3, 0.4) is 0 Å². The highest BCUT2D eigenvalue weighted by atomic mass is 16.6. The lowest BCUT2D eigenvalue weighted by Gasteiger charge is -2.20. The summed E-state index contributed by atoms with van der Waals surface area (Å²) in [5, 5.41) is 0. The van der Waals surface area contributed by atoms with E-state index in [1.807, 2.05) is 30.3 Å². The van der Waals surface area contributed by atoms with Crippen LogP contribution in [0.25, 0.3) is 0 Å². The van der Waals surface area contributed by atoms with E-state index in [1.54, 1.807) is 20.8 Å².